The average molecular weight is 529 g/mol. The molecule has 0 saturated carbocycles. The van der Waals surface area contributed by atoms with Crippen molar-refractivity contribution in [2.75, 3.05) is 70.2 Å². The molecule has 1 saturated heterocycles. The molecule has 10 heteroatoms. The monoisotopic (exact) mass is 528 g/mol. The molecule has 1 fully saturated rings. The second kappa shape index (κ2) is 12.1. The van der Waals surface area contributed by atoms with Crippen molar-refractivity contribution in [3.63, 3.8) is 0 Å². The number of aromatic nitrogens is 4. The summed E-state index contributed by atoms with van der Waals surface area (Å²) < 4.78 is 7.53. The van der Waals surface area contributed by atoms with E-state index in [-0.39, 0.29) is 5.91 Å². The first-order chi connectivity index (χ1) is 19.0. The van der Waals surface area contributed by atoms with Crippen LogP contribution < -0.4 is 15.0 Å². The first kappa shape index (κ1) is 26.4. The Labute approximate surface area is 229 Å². The summed E-state index contributed by atoms with van der Waals surface area (Å²) in [5.41, 5.74) is 3.62. The third-order valence-corrected chi connectivity index (χ3v) is 6.84. The molecule has 0 bridgehead atoms. The lowest BCUT2D eigenvalue weighted by atomic mass is 10.1. The van der Waals surface area contributed by atoms with Crippen molar-refractivity contribution in [1.29, 1.82) is 0 Å². The van der Waals surface area contributed by atoms with E-state index >= 15 is 0 Å². The summed E-state index contributed by atoms with van der Waals surface area (Å²) in [5, 5.41) is 8.91. The number of hydrogen-bond acceptors (Lipinski definition) is 8. The van der Waals surface area contributed by atoms with Crippen LogP contribution in [0.5, 0.6) is 5.75 Å². The summed E-state index contributed by atoms with van der Waals surface area (Å²) in [6.07, 6.45) is 3.43. The maximum absolute atomic E-state index is 13.1. The zero-order chi connectivity index (χ0) is 27.2. The Morgan fingerprint density at radius 1 is 1.05 bits per heavy atom. The van der Waals surface area contributed by atoms with Crippen molar-refractivity contribution in [1.82, 2.24) is 29.5 Å². The van der Waals surface area contributed by atoms with Crippen LogP contribution in [0.3, 0.4) is 0 Å². The highest BCUT2D eigenvalue weighted by atomic mass is 16.5. The van der Waals surface area contributed by atoms with E-state index in [0.717, 1.165) is 46.9 Å². The molecule has 0 radical (unpaired) electrons. The molecule has 5 rings (SSSR count). The van der Waals surface area contributed by atoms with Crippen molar-refractivity contribution < 1.29 is 9.53 Å². The molecule has 2 aromatic heterocycles. The van der Waals surface area contributed by atoms with E-state index in [1.165, 1.54) is 0 Å². The summed E-state index contributed by atoms with van der Waals surface area (Å²) in [4.78, 5) is 28.5. The van der Waals surface area contributed by atoms with Crippen LogP contribution >= 0.6 is 0 Å². The number of piperazine rings is 1. The maximum Gasteiger partial charge on any atom is 0.253 e. The fourth-order valence-corrected chi connectivity index (χ4v) is 4.78. The molecule has 1 aliphatic rings. The van der Waals surface area contributed by atoms with E-state index < -0.39 is 0 Å². The number of anilines is 2. The molecule has 39 heavy (non-hydrogen) atoms. The minimum Gasteiger partial charge on any atom is -0.494 e. The Morgan fingerprint density at radius 2 is 1.85 bits per heavy atom. The molecule has 3 heterocycles. The van der Waals surface area contributed by atoms with Crippen LogP contribution in [0.15, 0.2) is 61.1 Å². The van der Waals surface area contributed by atoms with Gasteiger partial charge in [-0.05, 0) is 63.0 Å². The Morgan fingerprint density at radius 3 is 2.59 bits per heavy atom. The quantitative estimate of drug-likeness (QED) is 0.336. The highest BCUT2D eigenvalue weighted by Crippen LogP contribution is 2.25. The molecule has 1 N–H and O–H groups in total. The van der Waals surface area contributed by atoms with E-state index in [2.05, 4.69) is 36.2 Å². The number of likely N-dealkylation sites (N-methyl/N-ethyl adjacent to an activating group) is 1. The normalized spacial score (nSPS) is 13.7. The summed E-state index contributed by atoms with van der Waals surface area (Å²) in [6.45, 7) is 7.67. The summed E-state index contributed by atoms with van der Waals surface area (Å²) in [7, 11) is 4.10. The van der Waals surface area contributed by atoms with Gasteiger partial charge < -0.3 is 24.8 Å². The number of hydrogen-bond donors (Lipinski definition) is 1. The Bertz CT molecular complexity index is 1390. The van der Waals surface area contributed by atoms with Crippen LogP contribution in [0.4, 0.5) is 11.5 Å². The fourth-order valence-electron chi connectivity index (χ4n) is 4.78. The van der Waals surface area contributed by atoms with E-state index in [1.54, 1.807) is 6.33 Å². The van der Waals surface area contributed by atoms with E-state index in [9.17, 15) is 4.79 Å². The predicted molar refractivity (Wildman–Crippen MR) is 154 cm³/mol. The lowest BCUT2D eigenvalue weighted by Gasteiger charge is -2.35. The zero-order valence-corrected chi connectivity index (χ0v) is 22.9. The largest absolute Gasteiger partial charge is 0.494 e. The summed E-state index contributed by atoms with van der Waals surface area (Å²) >= 11 is 0. The second-order valence-corrected chi connectivity index (χ2v) is 9.90. The van der Waals surface area contributed by atoms with Gasteiger partial charge in [0.1, 0.15) is 17.9 Å². The lowest BCUT2D eigenvalue weighted by molar-refractivity contribution is 0.0746. The highest BCUT2D eigenvalue weighted by molar-refractivity contribution is 5.95. The van der Waals surface area contributed by atoms with Gasteiger partial charge in [-0.3, -0.25) is 4.79 Å². The van der Waals surface area contributed by atoms with Crippen molar-refractivity contribution in [3.8, 4) is 5.75 Å². The molecule has 0 aliphatic carbocycles. The van der Waals surface area contributed by atoms with E-state index in [0.29, 0.717) is 44.9 Å². The lowest BCUT2D eigenvalue weighted by Crippen LogP contribution is -2.49. The van der Waals surface area contributed by atoms with Gasteiger partial charge in [-0.1, -0.05) is 12.1 Å². The summed E-state index contributed by atoms with van der Waals surface area (Å²) in [6, 6.07) is 15.8. The van der Waals surface area contributed by atoms with Gasteiger partial charge in [0.05, 0.1) is 24.7 Å². The van der Waals surface area contributed by atoms with Crippen LogP contribution in [0.2, 0.25) is 0 Å². The first-order valence-electron chi connectivity index (χ1n) is 13.4. The smallest absolute Gasteiger partial charge is 0.253 e. The molecular weight excluding hydrogens is 492 g/mol. The van der Waals surface area contributed by atoms with Gasteiger partial charge in [-0.25, -0.2) is 14.6 Å². The van der Waals surface area contributed by atoms with Gasteiger partial charge in [-0.15, -0.1) is 0 Å². The van der Waals surface area contributed by atoms with Gasteiger partial charge in [0, 0.05) is 50.5 Å². The predicted octanol–water partition coefficient (Wildman–Crippen LogP) is 3.21. The number of ether oxygens (including phenoxy) is 1. The van der Waals surface area contributed by atoms with Crippen molar-refractivity contribution in [2.24, 2.45) is 0 Å². The van der Waals surface area contributed by atoms with Crippen molar-refractivity contribution >= 4 is 28.4 Å². The molecule has 0 spiro atoms. The first-order valence-corrected chi connectivity index (χ1v) is 13.4. The zero-order valence-electron chi connectivity index (χ0n) is 22.9. The van der Waals surface area contributed by atoms with Gasteiger partial charge in [-0.2, -0.15) is 5.10 Å². The van der Waals surface area contributed by atoms with Crippen molar-refractivity contribution in [2.45, 2.75) is 13.5 Å². The molecule has 1 amide bonds. The maximum atomic E-state index is 13.1. The number of carbonyl (C=O) groups excluding carboxylic acids is 1. The Balaban J connectivity index is 1.21. The van der Waals surface area contributed by atoms with Gasteiger partial charge in [0.15, 0.2) is 5.65 Å². The summed E-state index contributed by atoms with van der Waals surface area (Å²) in [5.74, 6) is 1.76. The van der Waals surface area contributed by atoms with Gasteiger partial charge >= 0.3 is 0 Å². The number of benzene rings is 2. The third kappa shape index (κ3) is 6.28. The number of carbonyl (C=O) groups is 1. The highest BCUT2D eigenvalue weighted by Gasteiger charge is 2.25. The van der Waals surface area contributed by atoms with Gasteiger partial charge in [0.25, 0.3) is 5.91 Å². The van der Waals surface area contributed by atoms with Crippen LogP contribution in [-0.2, 0) is 6.54 Å². The Kier molecular flexibility index (Phi) is 8.21. The molecule has 0 atom stereocenters. The van der Waals surface area contributed by atoms with Crippen LogP contribution in [0, 0.1) is 0 Å². The number of nitrogens with zero attached hydrogens (tertiary/aromatic N) is 7. The molecule has 204 valence electrons. The van der Waals surface area contributed by atoms with Crippen LogP contribution in [0.25, 0.3) is 11.0 Å². The van der Waals surface area contributed by atoms with Crippen LogP contribution in [0.1, 0.15) is 22.8 Å². The topological polar surface area (TPSA) is 91.7 Å². The molecule has 10 nitrogen and oxygen atoms in total. The van der Waals surface area contributed by atoms with Crippen LogP contribution in [-0.4, -0.2) is 95.4 Å². The minimum absolute atomic E-state index is 0.0597. The minimum atomic E-state index is 0.0597. The number of fused-ring (bicyclic) bond motifs is 1. The standard InChI is InChI=1S/C29H36N8O2/c1-4-39-25-7-5-6-22(18-25)20-37-28-26(19-33-37)27(31-21-32-28)35-14-16-36(17-15-35)29(38)23-8-10-24(11-9-23)30-12-13-34(2)3/h5-11,18-19,21,30H,4,12-17,20H2,1-3H3. The van der Waals surface area contributed by atoms with E-state index in [1.807, 2.05) is 79.3 Å². The number of rotatable bonds is 10. The number of amides is 1. The van der Waals surface area contributed by atoms with Crippen molar-refractivity contribution in [3.05, 3.63) is 72.2 Å². The molecule has 0 unspecified atom stereocenters. The molecule has 2 aromatic carbocycles. The SMILES string of the molecule is CCOc1cccc(Cn2ncc3c(N4CCN(C(=O)c5ccc(NCCN(C)C)cc5)CC4)ncnc32)c1. The number of nitrogens with one attached hydrogen (secondary N) is 1. The second-order valence-electron chi connectivity index (χ2n) is 9.90. The Hall–Kier alpha value is -4.18. The van der Waals surface area contributed by atoms with E-state index in [4.69, 9.17) is 4.74 Å². The average Bonchev–Trinajstić information content (AvgIpc) is 3.36. The molecule has 1 aliphatic heterocycles. The molecule has 4 aromatic rings. The third-order valence-electron chi connectivity index (χ3n) is 6.84. The molecular formula is C29H36N8O2. The van der Waals surface area contributed by atoms with Gasteiger partial charge in [0.2, 0.25) is 0 Å². The fraction of sp³-hybridized carbons (Fsp3) is 0.379.